The zero-order chi connectivity index (χ0) is 13.5. The summed E-state index contributed by atoms with van der Waals surface area (Å²) in [6.45, 7) is 6.28. The van der Waals surface area contributed by atoms with Gasteiger partial charge in [-0.15, -0.1) is 0 Å². The molecule has 0 radical (unpaired) electrons. The van der Waals surface area contributed by atoms with E-state index in [1.807, 2.05) is 18.2 Å². The Morgan fingerprint density at radius 1 is 1.37 bits per heavy atom. The Hall–Kier alpha value is -1.71. The number of para-hydroxylation sites is 1. The van der Waals surface area contributed by atoms with Gasteiger partial charge in [0.1, 0.15) is 12.4 Å². The highest BCUT2D eigenvalue weighted by Crippen LogP contribution is 2.18. The number of hydrogen-bond acceptors (Lipinski definition) is 2. The van der Waals surface area contributed by atoms with Crippen LogP contribution >= 0.6 is 0 Å². The molecule has 104 valence electrons. The number of aryl methyl sites for hydroxylation is 1. The molecule has 0 bridgehead atoms. The third kappa shape index (κ3) is 4.81. The van der Waals surface area contributed by atoms with Crippen LogP contribution < -0.4 is 15.4 Å². The Balaban J connectivity index is 1.75. The van der Waals surface area contributed by atoms with Gasteiger partial charge in [-0.25, -0.2) is 4.99 Å². The average molecular weight is 261 g/mol. The lowest BCUT2D eigenvalue weighted by molar-refractivity contribution is 0.326. The van der Waals surface area contributed by atoms with Crippen LogP contribution in [0.1, 0.15) is 25.3 Å². The fourth-order valence-electron chi connectivity index (χ4n) is 1.77. The van der Waals surface area contributed by atoms with E-state index in [2.05, 4.69) is 35.5 Å². The second-order valence-electron chi connectivity index (χ2n) is 4.79. The van der Waals surface area contributed by atoms with E-state index in [-0.39, 0.29) is 0 Å². The zero-order valence-electron chi connectivity index (χ0n) is 11.8. The van der Waals surface area contributed by atoms with E-state index < -0.39 is 0 Å². The van der Waals surface area contributed by atoms with Crippen LogP contribution in [0.3, 0.4) is 0 Å². The molecule has 0 spiro atoms. The smallest absolute Gasteiger partial charge is 0.191 e. The molecule has 2 N–H and O–H groups in total. The monoisotopic (exact) mass is 261 g/mol. The largest absolute Gasteiger partial charge is 0.491 e. The Kier molecular flexibility index (Phi) is 5.07. The van der Waals surface area contributed by atoms with Gasteiger partial charge >= 0.3 is 0 Å². The van der Waals surface area contributed by atoms with E-state index in [4.69, 9.17) is 4.74 Å². The maximum Gasteiger partial charge on any atom is 0.191 e. The van der Waals surface area contributed by atoms with Gasteiger partial charge < -0.3 is 15.4 Å². The minimum atomic E-state index is 0.603. The van der Waals surface area contributed by atoms with E-state index in [9.17, 15) is 0 Å². The normalized spacial score (nSPS) is 15.2. The van der Waals surface area contributed by atoms with Gasteiger partial charge in [-0.3, -0.25) is 0 Å². The topological polar surface area (TPSA) is 45.7 Å². The molecular weight excluding hydrogens is 238 g/mol. The summed E-state index contributed by atoms with van der Waals surface area (Å²) in [5.74, 6) is 1.84. The van der Waals surface area contributed by atoms with Crippen molar-refractivity contribution in [2.45, 2.75) is 32.7 Å². The van der Waals surface area contributed by atoms with Crippen LogP contribution in [0.4, 0.5) is 0 Å². The van der Waals surface area contributed by atoms with Crippen molar-refractivity contribution >= 4 is 5.96 Å². The summed E-state index contributed by atoms with van der Waals surface area (Å²) in [7, 11) is 0. The van der Waals surface area contributed by atoms with Crippen LogP contribution in [0.2, 0.25) is 0 Å². The van der Waals surface area contributed by atoms with Gasteiger partial charge in [-0.05, 0) is 38.3 Å². The van der Waals surface area contributed by atoms with Gasteiger partial charge in [-0.1, -0.05) is 18.2 Å². The molecule has 0 heterocycles. The Morgan fingerprint density at radius 3 is 2.84 bits per heavy atom. The van der Waals surface area contributed by atoms with Gasteiger partial charge in [0.2, 0.25) is 0 Å². The minimum absolute atomic E-state index is 0.603. The van der Waals surface area contributed by atoms with Crippen molar-refractivity contribution in [1.29, 1.82) is 0 Å². The quantitative estimate of drug-likeness (QED) is 0.468. The number of hydrogen-bond donors (Lipinski definition) is 2. The summed E-state index contributed by atoms with van der Waals surface area (Å²) in [6, 6.07) is 8.67. The summed E-state index contributed by atoms with van der Waals surface area (Å²) in [4.78, 5) is 4.51. The van der Waals surface area contributed by atoms with Crippen molar-refractivity contribution in [2.75, 3.05) is 19.7 Å². The number of nitrogens with one attached hydrogen (secondary N) is 2. The molecule has 1 fully saturated rings. The summed E-state index contributed by atoms with van der Waals surface area (Å²) in [6.07, 6.45) is 2.51. The molecule has 0 aromatic heterocycles. The van der Waals surface area contributed by atoms with Crippen LogP contribution in [-0.4, -0.2) is 31.7 Å². The molecule has 4 nitrogen and oxygen atoms in total. The number of aliphatic imine (C=N–C) groups is 1. The minimum Gasteiger partial charge on any atom is -0.491 e. The molecule has 0 aliphatic heterocycles. The second kappa shape index (κ2) is 7.02. The van der Waals surface area contributed by atoms with E-state index in [1.54, 1.807) is 0 Å². The third-order valence-corrected chi connectivity index (χ3v) is 2.97. The summed E-state index contributed by atoms with van der Waals surface area (Å²) < 4.78 is 5.72. The van der Waals surface area contributed by atoms with E-state index in [0.29, 0.717) is 19.2 Å². The van der Waals surface area contributed by atoms with Crippen molar-refractivity contribution in [3.8, 4) is 5.75 Å². The van der Waals surface area contributed by atoms with Crippen molar-refractivity contribution in [3.63, 3.8) is 0 Å². The SMILES string of the molecule is CCNC(=NCCOc1ccccc1C)NC1CC1. The van der Waals surface area contributed by atoms with Gasteiger partial charge in [0.25, 0.3) is 0 Å². The molecule has 1 saturated carbocycles. The second-order valence-corrected chi connectivity index (χ2v) is 4.79. The molecule has 1 aromatic rings. The van der Waals surface area contributed by atoms with Crippen LogP contribution in [0.5, 0.6) is 5.75 Å². The fraction of sp³-hybridized carbons (Fsp3) is 0.533. The van der Waals surface area contributed by atoms with Crippen molar-refractivity contribution in [1.82, 2.24) is 10.6 Å². The van der Waals surface area contributed by atoms with Crippen LogP contribution in [0.25, 0.3) is 0 Å². The lowest BCUT2D eigenvalue weighted by atomic mass is 10.2. The lowest BCUT2D eigenvalue weighted by Gasteiger charge is -2.11. The van der Waals surface area contributed by atoms with E-state index in [1.165, 1.54) is 12.8 Å². The summed E-state index contributed by atoms with van der Waals surface area (Å²) in [5, 5.41) is 6.63. The summed E-state index contributed by atoms with van der Waals surface area (Å²) in [5.41, 5.74) is 1.16. The molecule has 4 heteroatoms. The molecule has 0 unspecified atom stereocenters. The predicted octanol–water partition coefficient (Wildman–Crippen LogP) is 2.09. The fourth-order valence-corrected chi connectivity index (χ4v) is 1.77. The Bertz CT molecular complexity index is 427. The Labute approximate surface area is 115 Å². The molecule has 2 rings (SSSR count). The molecule has 19 heavy (non-hydrogen) atoms. The van der Waals surface area contributed by atoms with Gasteiger partial charge in [0.15, 0.2) is 5.96 Å². The number of benzene rings is 1. The summed E-state index contributed by atoms with van der Waals surface area (Å²) >= 11 is 0. The molecule has 0 saturated heterocycles. The maximum absolute atomic E-state index is 5.72. The highest BCUT2D eigenvalue weighted by atomic mass is 16.5. The number of nitrogens with zero attached hydrogens (tertiary/aromatic N) is 1. The first-order valence-corrected chi connectivity index (χ1v) is 7.03. The first kappa shape index (κ1) is 13.7. The maximum atomic E-state index is 5.72. The lowest BCUT2D eigenvalue weighted by Crippen LogP contribution is -2.38. The molecule has 0 atom stereocenters. The predicted molar refractivity (Wildman–Crippen MR) is 78.8 cm³/mol. The zero-order valence-corrected chi connectivity index (χ0v) is 11.8. The van der Waals surface area contributed by atoms with E-state index in [0.717, 1.165) is 23.8 Å². The number of ether oxygens (including phenoxy) is 1. The van der Waals surface area contributed by atoms with Crippen LogP contribution in [0.15, 0.2) is 29.3 Å². The van der Waals surface area contributed by atoms with Crippen LogP contribution in [0, 0.1) is 6.92 Å². The first-order chi connectivity index (χ1) is 9.29. The highest BCUT2D eigenvalue weighted by molar-refractivity contribution is 5.80. The Morgan fingerprint density at radius 2 is 2.16 bits per heavy atom. The standard InChI is InChI=1S/C15H23N3O/c1-3-16-15(18-13-8-9-13)17-10-11-19-14-7-5-4-6-12(14)2/h4-7,13H,3,8-11H2,1-2H3,(H2,16,17,18). The van der Waals surface area contributed by atoms with Gasteiger partial charge in [-0.2, -0.15) is 0 Å². The number of rotatable bonds is 6. The van der Waals surface area contributed by atoms with Crippen molar-refractivity contribution in [3.05, 3.63) is 29.8 Å². The van der Waals surface area contributed by atoms with Gasteiger partial charge in [0, 0.05) is 12.6 Å². The molecule has 1 aromatic carbocycles. The highest BCUT2D eigenvalue weighted by Gasteiger charge is 2.21. The van der Waals surface area contributed by atoms with Gasteiger partial charge in [0.05, 0.1) is 6.54 Å². The molecule has 1 aliphatic carbocycles. The van der Waals surface area contributed by atoms with Crippen LogP contribution in [-0.2, 0) is 0 Å². The van der Waals surface area contributed by atoms with Crippen molar-refractivity contribution < 1.29 is 4.74 Å². The third-order valence-electron chi connectivity index (χ3n) is 2.97. The average Bonchev–Trinajstić information content (AvgIpc) is 3.20. The molecular formula is C15H23N3O. The molecule has 0 amide bonds. The van der Waals surface area contributed by atoms with Crippen molar-refractivity contribution in [2.24, 2.45) is 4.99 Å². The number of guanidine groups is 1. The van der Waals surface area contributed by atoms with E-state index >= 15 is 0 Å². The first-order valence-electron chi connectivity index (χ1n) is 7.03. The molecule has 1 aliphatic rings.